The highest BCUT2D eigenvalue weighted by Gasteiger charge is 2.39. The van der Waals surface area contributed by atoms with Crippen molar-refractivity contribution in [3.63, 3.8) is 0 Å². The first-order chi connectivity index (χ1) is 11.2. The van der Waals surface area contributed by atoms with Gasteiger partial charge in [0, 0.05) is 5.92 Å². The molecule has 0 radical (unpaired) electrons. The number of hydrogen-bond acceptors (Lipinski definition) is 2. The molecule has 24 heavy (non-hydrogen) atoms. The van der Waals surface area contributed by atoms with Crippen LogP contribution in [-0.2, 0) is 4.79 Å². The Labute approximate surface area is 144 Å². The summed E-state index contributed by atoms with van der Waals surface area (Å²) in [4.78, 5) is 12.1. The number of carboxylic acids is 1. The van der Waals surface area contributed by atoms with Crippen molar-refractivity contribution in [2.24, 2.45) is 11.3 Å². The topological polar surface area (TPSA) is 46.5 Å². The first-order valence-electron chi connectivity index (χ1n) is 8.17. The van der Waals surface area contributed by atoms with E-state index in [0.29, 0.717) is 0 Å². The second-order valence-corrected chi connectivity index (χ2v) is 7.35. The average Bonchev–Trinajstić information content (AvgIpc) is 2.52. The Bertz CT molecular complexity index is 696. The van der Waals surface area contributed by atoms with E-state index < -0.39 is 11.9 Å². The van der Waals surface area contributed by atoms with Gasteiger partial charge in [0.25, 0.3) is 0 Å². The van der Waals surface area contributed by atoms with E-state index in [2.05, 4.69) is 0 Å². The second kappa shape index (κ2) is 7.08. The molecule has 0 heterocycles. The maximum atomic E-state index is 12.1. The highest BCUT2D eigenvalue weighted by molar-refractivity contribution is 5.73. The standard InChI is InChI=1S/C21H26O3/c1-14-9-11-15(12-10-14)18(19(20(22)23)21(2,3)4)16-7-6-8-17(13-16)24-5/h6-13,18-19H,1-5H3,(H,22,23)/t18?,19-/m1/s1. The molecule has 0 spiro atoms. The van der Waals surface area contributed by atoms with E-state index in [0.717, 1.165) is 22.4 Å². The van der Waals surface area contributed by atoms with Crippen LogP contribution in [0.3, 0.4) is 0 Å². The fourth-order valence-corrected chi connectivity index (χ4v) is 3.20. The number of ether oxygens (including phenoxy) is 1. The van der Waals surface area contributed by atoms with Gasteiger partial charge in [0.15, 0.2) is 0 Å². The van der Waals surface area contributed by atoms with E-state index in [9.17, 15) is 9.90 Å². The molecule has 0 aliphatic rings. The average molecular weight is 326 g/mol. The summed E-state index contributed by atoms with van der Waals surface area (Å²) in [7, 11) is 1.62. The lowest BCUT2D eigenvalue weighted by atomic mass is 9.68. The van der Waals surface area contributed by atoms with Crippen LogP contribution in [0.2, 0.25) is 0 Å². The third-order valence-corrected chi connectivity index (χ3v) is 4.42. The third-order valence-electron chi connectivity index (χ3n) is 4.42. The van der Waals surface area contributed by atoms with Gasteiger partial charge in [0.05, 0.1) is 13.0 Å². The first kappa shape index (κ1) is 18.1. The molecule has 0 aromatic heterocycles. The van der Waals surface area contributed by atoms with Crippen molar-refractivity contribution in [2.45, 2.75) is 33.6 Å². The SMILES string of the molecule is COc1cccc(C(c2ccc(C)cc2)[C@H](C(=O)O)C(C)(C)C)c1. The molecule has 0 bridgehead atoms. The van der Waals surface area contributed by atoms with Crippen LogP contribution >= 0.6 is 0 Å². The lowest BCUT2D eigenvalue weighted by molar-refractivity contribution is -0.146. The zero-order valence-electron chi connectivity index (χ0n) is 15.0. The quantitative estimate of drug-likeness (QED) is 0.851. The number of methoxy groups -OCH3 is 1. The van der Waals surface area contributed by atoms with Crippen molar-refractivity contribution < 1.29 is 14.6 Å². The van der Waals surface area contributed by atoms with Gasteiger partial charge in [-0.25, -0.2) is 0 Å². The molecule has 0 amide bonds. The van der Waals surface area contributed by atoms with Crippen LogP contribution in [0.1, 0.15) is 43.4 Å². The number of aliphatic carboxylic acids is 1. The zero-order chi connectivity index (χ0) is 17.9. The van der Waals surface area contributed by atoms with Crippen LogP contribution < -0.4 is 4.74 Å². The molecule has 1 unspecified atom stereocenters. The van der Waals surface area contributed by atoms with Crippen molar-refractivity contribution in [3.8, 4) is 5.75 Å². The van der Waals surface area contributed by atoms with Gasteiger partial charge in [-0.2, -0.15) is 0 Å². The van der Waals surface area contributed by atoms with E-state index in [1.165, 1.54) is 0 Å². The van der Waals surface area contributed by atoms with E-state index in [1.54, 1.807) is 7.11 Å². The first-order valence-corrected chi connectivity index (χ1v) is 8.17. The lowest BCUT2D eigenvalue weighted by Gasteiger charge is -2.35. The summed E-state index contributed by atoms with van der Waals surface area (Å²) in [6, 6.07) is 15.8. The Morgan fingerprint density at radius 1 is 1.04 bits per heavy atom. The van der Waals surface area contributed by atoms with Crippen molar-refractivity contribution in [1.82, 2.24) is 0 Å². The van der Waals surface area contributed by atoms with Crippen LogP contribution in [-0.4, -0.2) is 18.2 Å². The monoisotopic (exact) mass is 326 g/mol. The summed E-state index contributed by atoms with van der Waals surface area (Å²) in [5.41, 5.74) is 2.74. The molecule has 128 valence electrons. The van der Waals surface area contributed by atoms with E-state index in [1.807, 2.05) is 76.2 Å². The Kier molecular flexibility index (Phi) is 5.33. The Morgan fingerprint density at radius 2 is 1.67 bits per heavy atom. The normalized spacial score (nSPS) is 14.0. The molecular weight excluding hydrogens is 300 g/mol. The molecule has 0 saturated carbocycles. The summed E-state index contributed by atoms with van der Waals surface area (Å²) >= 11 is 0. The van der Waals surface area contributed by atoms with Gasteiger partial charge >= 0.3 is 5.97 Å². The molecule has 2 atom stereocenters. The fraction of sp³-hybridized carbons (Fsp3) is 0.381. The Hall–Kier alpha value is -2.29. The zero-order valence-corrected chi connectivity index (χ0v) is 15.0. The van der Waals surface area contributed by atoms with Crippen LogP contribution in [0.15, 0.2) is 48.5 Å². The lowest BCUT2D eigenvalue weighted by Crippen LogP contribution is -2.34. The maximum absolute atomic E-state index is 12.1. The van der Waals surface area contributed by atoms with Gasteiger partial charge in [-0.3, -0.25) is 4.79 Å². The predicted octanol–water partition coefficient (Wildman–Crippen LogP) is 4.88. The number of rotatable bonds is 5. The molecule has 0 saturated heterocycles. The minimum absolute atomic E-state index is 0.238. The van der Waals surface area contributed by atoms with Crippen molar-refractivity contribution in [2.75, 3.05) is 7.11 Å². The molecule has 3 nitrogen and oxygen atoms in total. The molecule has 2 aromatic rings. The van der Waals surface area contributed by atoms with E-state index in [4.69, 9.17) is 4.74 Å². The van der Waals surface area contributed by atoms with E-state index in [-0.39, 0.29) is 11.3 Å². The third kappa shape index (κ3) is 3.97. The number of benzene rings is 2. The maximum Gasteiger partial charge on any atom is 0.307 e. The second-order valence-electron chi connectivity index (χ2n) is 7.35. The predicted molar refractivity (Wildman–Crippen MR) is 96.6 cm³/mol. The molecule has 1 N–H and O–H groups in total. The fourth-order valence-electron chi connectivity index (χ4n) is 3.20. The summed E-state index contributed by atoms with van der Waals surface area (Å²) < 4.78 is 5.34. The molecule has 3 heteroatoms. The molecule has 0 aliphatic heterocycles. The molecular formula is C21H26O3. The van der Waals surface area contributed by atoms with Crippen molar-refractivity contribution >= 4 is 5.97 Å². The van der Waals surface area contributed by atoms with Crippen LogP contribution in [0, 0.1) is 18.3 Å². The molecule has 2 aromatic carbocycles. The number of carbonyl (C=O) groups is 1. The van der Waals surface area contributed by atoms with Crippen LogP contribution in [0.4, 0.5) is 0 Å². The minimum atomic E-state index is -0.782. The van der Waals surface area contributed by atoms with Crippen molar-refractivity contribution in [1.29, 1.82) is 0 Å². The molecule has 0 fully saturated rings. The summed E-state index contributed by atoms with van der Waals surface area (Å²) in [5.74, 6) is -0.830. The van der Waals surface area contributed by atoms with E-state index >= 15 is 0 Å². The van der Waals surface area contributed by atoms with Gasteiger partial charge in [-0.15, -0.1) is 0 Å². The Morgan fingerprint density at radius 3 is 2.17 bits per heavy atom. The highest BCUT2D eigenvalue weighted by atomic mass is 16.5. The van der Waals surface area contributed by atoms with Gasteiger partial charge in [-0.05, 0) is 35.6 Å². The summed E-state index contributed by atoms with van der Waals surface area (Å²) in [6.07, 6.45) is 0. The van der Waals surface area contributed by atoms with Gasteiger partial charge in [-0.1, -0.05) is 62.7 Å². The molecule has 2 rings (SSSR count). The smallest absolute Gasteiger partial charge is 0.307 e. The van der Waals surface area contributed by atoms with Gasteiger partial charge in [0.1, 0.15) is 5.75 Å². The largest absolute Gasteiger partial charge is 0.497 e. The number of aryl methyl sites for hydroxylation is 1. The van der Waals surface area contributed by atoms with Crippen molar-refractivity contribution in [3.05, 3.63) is 65.2 Å². The van der Waals surface area contributed by atoms with Crippen LogP contribution in [0.5, 0.6) is 5.75 Å². The molecule has 0 aliphatic carbocycles. The summed E-state index contributed by atoms with van der Waals surface area (Å²) in [5, 5.41) is 9.95. The summed E-state index contributed by atoms with van der Waals surface area (Å²) in [6.45, 7) is 7.97. The minimum Gasteiger partial charge on any atom is -0.497 e. The Balaban J connectivity index is 2.64. The number of carboxylic acid groups (broad SMARTS) is 1. The van der Waals surface area contributed by atoms with Crippen LogP contribution in [0.25, 0.3) is 0 Å². The van der Waals surface area contributed by atoms with Gasteiger partial charge in [0.2, 0.25) is 0 Å². The highest BCUT2D eigenvalue weighted by Crippen LogP contribution is 2.43. The number of hydrogen-bond donors (Lipinski definition) is 1. The van der Waals surface area contributed by atoms with Gasteiger partial charge < -0.3 is 9.84 Å².